The fourth-order valence-electron chi connectivity index (χ4n) is 2.53. The van der Waals surface area contributed by atoms with Gasteiger partial charge in [0.25, 0.3) is 0 Å². The maximum absolute atomic E-state index is 12.1. The number of nitrogens with one attached hydrogen (secondary N) is 2. The minimum absolute atomic E-state index is 0. The predicted molar refractivity (Wildman–Crippen MR) is 92.2 cm³/mol. The summed E-state index contributed by atoms with van der Waals surface area (Å²) in [5, 5.41) is 6.10. The molecule has 130 valence electrons. The fraction of sp³-hybridized carbons (Fsp3) is 0.875. The van der Waals surface area contributed by atoms with Crippen molar-refractivity contribution in [3.05, 3.63) is 0 Å². The number of nitrogens with zero attached hydrogens (tertiary/aromatic N) is 1. The van der Waals surface area contributed by atoms with Crippen LogP contribution < -0.4 is 10.6 Å². The van der Waals surface area contributed by atoms with Crippen molar-refractivity contribution in [3.8, 4) is 0 Å². The molecule has 2 amide bonds. The lowest BCUT2D eigenvalue weighted by molar-refractivity contribution is -0.134. The van der Waals surface area contributed by atoms with Crippen LogP contribution in [0.25, 0.3) is 0 Å². The maximum atomic E-state index is 12.1. The molecule has 0 aliphatic carbocycles. The molecule has 22 heavy (non-hydrogen) atoms. The van der Waals surface area contributed by atoms with Crippen LogP contribution in [0, 0.1) is 11.8 Å². The molecule has 0 saturated carbocycles. The van der Waals surface area contributed by atoms with Crippen molar-refractivity contribution in [2.45, 2.75) is 46.5 Å². The maximum Gasteiger partial charge on any atom is 0.241 e. The van der Waals surface area contributed by atoms with E-state index >= 15 is 0 Å². The highest BCUT2D eigenvalue weighted by molar-refractivity contribution is 5.85. The Kier molecular flexibility index (Phi) is 11.3. The van der Waals surface area contributed by atoms with E-state index in [-0.39, 0.29) is 30.8 Å². The van der Waals surface area contributed by atoms with E-state index in [1.807, 2.05) is 4.90 Å². The number of likely N-dealkylation sites (tertiary alicyclic amines) is 1. The average molecular weight is 334 g/mol. The van der Waals surface area contributed by atoms with Gasteiger partial charge >= 0.3 is 0 Å². The topological polar surface area (TPSA) is 61.4 Å². The van der Waals surface area contributed by atoms with E-state index in [9.17, 15) is 9.59 Å². The fourth-order valence-corrected chi connectivity index (χ4v) is 2.53. The molecule has 5 nitrogen and oxygen atoms in total. The Balaban J connectivity index is 0.00000441. The molecule has 2 N–H and O–H groups in total. The second kappa shape index (κ2) is 11.7. The molecule has 0 unspecified atom stereocenters. The monoisotopic (exact) mass is 333 g/mol. The largest absolute Gasteiger partial charge is 0.347 e. The van der Waals surface area contributed by atoms with Gasteiger partial charge < -0.3 is 15.5 Å². The smallest absolute Gasteiger partial charge is 0.241 e. The van der Waals surface area contributed by atoms with Gasteiger partial charge in [0, 0.05) is 19.5 Å². The highest BCUT2D eigenvalue weighted by Gasteiger charge is 2.22. The van der Waals surface area contributed by atoms with Crippen molar-refractivity contribution in [1.82, 2.24) is 15.5 Å². The zero-order valence-electron chi connectivity index (χ0n) is 14.2. The van der Waals surface area contributed by atoms with Crippen molar-refractivity contribution >= 4 is 24.2 Å². The number of hydrogen-bond donors (Lipinski definition) is 2. The third-order valence-corrected chi connectivity index (χ3v) is 4.04. The minimum Gasteiger partial charge on any atom is -0.347 e. The van der Waals surface area contributed by atoms with Crippen molar-refractivity contribution in [3.63, 3.8) is 0 Å². The van der Waals surface area contributed by atoms with E-state index in [1.54, 1.807) is 0 Å². The molecule has 0 aromatic carbocycles. The zero-order valence-corrected chi connectivity index (χ0v) is 15.0. The number of hydrogen-bond acceptors (Lipinski definition) is 3. The lowest BCUT2D eigenvalue weighted by atomic mass is 9.97. The molecule has 0 radical (unpaired) electrons. The summed E-state index contributed by atoms with van der Waals surface area (Å²) in [6.07, 6.45) is 3.49. The van der Waals surface area contributed by atoms with E-state index in [0.29, 0.717) is 18.3 Å². The van der Waals surface area contributed by atoms with Gasteiger partial charge in [0.1, 0.15) is 0 Å². The molecule has 6 heteroatoms. The second-order valence-electron chi connectivity index (χ2n) is 6.34. The SMILES string of the molecule is CCNCC1CCN(C(=O)CNC(=O)CCC(C)C)CC1.Cl. The molecule has 0 atom stereocenters. The van der Waals surface area contributed by atoms with Crippen LogP contribution in [-0.4, -0.2) is 49.4 Å². The summed E-state index contributed by atoms with van der Waals surface area (Å²) in [6, 6.07) is 0. The van der Waals surface area contributed by atoms with Gasteiger partial charge in [0.2, 0.25) is 11.8 Å². The Hall–Kier alpha value is -0.810. The first-order valence-electron chi connectivity index (χ1n) is 8.28. The van der Waals surface area contributed by atoms with Gasteiger partial charge in [-0.25, -0.2) is 0 Å². The Morgan fingerprint density at radius 1 is 1.23 bits per heavy atom. The van der Waals surface area contributed by atoms with Crippen molar-refractivity contribution in [1.29, 1.82) is 0 Å². The van der Waals surface area contributed by atoms with Crippen LogP contribution in [0.2, 0.25) is 0 Å². The number of piperidine rings is 1. The number of halogens is 1. The van der Waals surface area contributed by atoms with Crippen LogP contribution in [-0.2, 0) is 9.59 Å². The summed E-state index contributed by atoms with van der Waals surface area (Å²) in [5.41, 5.74) is 0. The lowest BCUT2D eigenvalue weighted by Crippen LogP contribution is -2.45. The quantitative estimate of drug-likeness (QED) is 0.712. The van der Waals surface area contributed by atoms with Crippen molar-refractivity contribution in [2.24, 2.45) is 11.8 Å². The van der Waals surface area contributed by atoms with Crippen LogP contribution in [0.15, 0.2) is 0 Å². The molecular formula is C16H32ClN3O2. The molecule has 0 aromatic heterocycles. The molecular weight excluding hydrogens is 302 g/mol. The van der Waals surface area contributed by atoms with Crippen LogP contribution in [0.1, 0.15) is 46.5 Å². The van der Waals surface area contributed by atoms with E-state index in [0.717, 1.165) is 45.4 Å². The Bertz CT molecular complexity index is 329. The van der Waals surface area contributed by atoms with E-state index < -0.39 is 0 Å². The Morgan fingerprint density at radius 3 is 2.41 bits per heavy atom. The van der Waals surface area contributed by atoms with E-state index in [1.165, 1.54) is 0 Å². The number of carbonyl (C=O) groups is 2. The number of carbonyl (C=O) groups excluding carboxylic acids is 2. The van der Waals surface area contributed by atoms with E-state index in [4.69, 9.17) is 0 Å². The van der Waals surface area contributed by atoms with Crippen LogP contribution in [0.3, 0.4) is 0 Å². The second-order valence-corrected chi connectivity index (χ2v) is 6.34. The molecule has 1 rings (SSSR count). The Morgan fingerprint density at radius 2 is 1.86 bits per heavy atom. The van der Waals surface area contributed by atoms with Crippen LogP contribution in [0.4, 0.5) is 0 Å². The standard InChI is InChI=1S/C16H31N3O2.ClH/c1-4-17-11-14-7-9-19(10-8-14)16(21)12-18-15(20)6-5-13(2)3;/h13-14,17H,4-12H2,1-3H3,(H,18,20);1H. The summed E-state index contributed by atoms with van der Waals surface area (Å²) in [5.74, 6) is 1.23. The minimum atomic E-state index is -0.0147. The molecule has 0 aromatic rings. The van der Waals surface area contributed by atoms with Crippen LogP contribution in [0.5, 0.6) is 0 Å². The molecule has 1 saturated heterocycles. The number of amides is 2. The van der Waals surface area contributed by atoms with Gasteiger partial charge in [-0.1, -0.05) is 20.8 Å². The highest BCUT2D eigenvalue weighted by Crippen LogP contribution is 2.16. The molecule has 1 aliphatic heterocycles. The Labute approximate surface area is 141 Å². The average Bonchev–Trinajstić information content (AvgIpc) is 2.49. The first kappa shape index (κ1) is 21.2. The van der Waals surface area contributed by atoms with Gasteiger partial charge in [-0.05, 0) is 44.2 Å². The molecule has 0 spiro atoms. The summed E-state index contributed by atoms with van der Waals surface area (Å²) in [4.78, 5) is 25.6. The van der Waals surface area contributed by atoms with Gasteiger partial charge in [-0.15, -0.1) is 12.4 Å². The summed E-state index contributed by atoms with van der Waals surface area (Å²) < 4.78 is 0. The van der Waals surface area contributed by atoms with Crippen molar-refractivity contribution < 1.29 is 9.59 Å². The van der Waals surface area contributed by atoms with Gasteiger partial charge in [-0.2, -0.15) is 0 Å². The molecule has 1 fully saturated rings. The summed E-state index contributed by atoms with van der Waals surface area (Å²) >= 11 is 0. The third kappa shape index (κ3) is 8.59. The van der Waals surface area contributed by atoms with Crippen molar-refractivity contribution in [2.75, 3.05) is 32.7 Å². The first-order chi connectivity index (χ1) is 10.0. The normalized spacial score (nSPS) is 15.5. The third-order valence-electron chi connectivity index (χ3n) is 4.04. The molecule has 1 aliphatic rings. The summed E-state index contributed by atoms with van der Waals surface area (Å²) in [7, 11) is 0. The summed E-state index contributed by atoms with van der Waals surface area (Å²) in [6.45, 7) is 10.1. The first-order valence-corrected chi connectivity index (χ1v) is 8.28. The predicted octanol–water partition coefficient (Wildman–Crippen LogP) is 1.81. The highest BCUT2D eigenvalue weighted by atomic mass is 35.5. The van der Waals surface area contributed by atoms with Gasteiger partial charge in [0.05, 0.1) is 6.54 Å². The van der Waals surface area contributed by atoms with Gasteiger partial charge in [-0.3, -0.25) is 9.59 Å². The van der Waals surface area contributed by atoms with E-state index in [2.05, 4.69) is 31.4 Å². The zero-order chi connectivity index (χ0) is 15.7. The molecule has 0 bridgehead atoms. The number of rotatable bonds is 8. The molecule has 1 heterocycles. The lowest BCUT2D eigenvalue weighted by Gasteiger charge is -2.32. The van der Waals surface area contributed by atoms with Gasteiger partial charge in [0.15, 0.2) is 0 Å². The van der Waals surface area contributed by atoms with Crippen LogP contribution >= 0.6 is 12.4 Å².